The summed E-state index contributed by atoms with van der Waals surface area (Å²) in [5.41, 5.74) is 2.73. The van der Waals surface area contributed by atoms with Crippen molar-refractivity contribution in [1.29, 1.82) is 0 Å². The molecule has 2 heterocycles. The van der Waals surface area contributed by atoms with Crippen LogP contribution in [0, 0.1) is 5.92 Å². The number of nitrogens with zero attached hydrogens (tertiary/aromatic N) is 2. The molecule has 0 aliphatic carbocycles. The average molecular weight is 400 g/mol. The van der Waals surface area contributed by atoms with Gasteiger partial charge >= 0.3 is 0 Å². The van der Waals surface area contributed by atoms with E-state index in [-0.39, 0.29) is 5.91 Å². The van der Waals surface area contributed by atoms with Gasteiger partial charge in [0.05, 0.1) is 17.8 Å². The van der Waals surface area contributed by atoms with E-state index in [2.05, 4.69) is 39.4 Å². The van der Waals surface area contributed by atoms with Crippen LogP contribution in [-0.2, 0) is 6.54 Å². The van der Waals surface area contributed by atoms with Crippen molar-refractivity contribution in [1.82, 2.24) is 10.2 Å². The second-order valence-corrected chi connectivity index (χ2v) is 8.09. The summed E-state index contributed by atoms with van der Waals surface area (Å²) in [6.07, 6.45) is 1.10. The number of likely N-dealkylation sites (N-methyl/N-ethyl adjacent to an activating group) is 1. The summed E-state index contributed by atoms with van der Waals surface area (Å²) < 4.78 is 5.79. The maximum atomic E-state index is 12.8. The highest BCUT2D eigenvalue weighted by atomic mass is 35.5. The summed E-state index contributed by atoms with van der Waals surface area (Å²) in [6.45, 7) is 5.06. The number of benzene rings is 2. The summed E-state index contributed by atoms with van der Waals surface area (Å²) in [4.78, 5) is 17.3. The lowest BCUT2D eigenvalue weighted by Crippen LogP contribution is -2.33. The molecule has 28 heavy (non-hydrogen) atoms. The first-order valence-electron chi connectivity index (χ1n) is 9.82. The van der Waals surface area contributed by atoms with Crippen LogP contribution < -0.4 is 15.0 Å². The fourth-order valence-corrected chi connectivity index (χ4v) is 4.20. The van der Waals surface area contributed by atoms with Gasteiger partial charge in [0.2, 0.25) is 0 Å². The Morgan fingerprint density at radius 1 is 1.25 bits per heavy atom. The number of rotatable bonds is 5. The highest BCUT2D eigenvalue weighted by Crippen LogP contribution is 2.37. The molecule has 0 bridgehead atoms. The van der Waals surface area contributed by atoms with Crippen LogP contribution in [0.15, 0.2) is 42.5 Å². The minimum absolute atomic E-state index is 0.115. The summed E-state index contributed by atoms with van der Waals surface area (Å²) >= 11 is 6.25. The number of ether oxygens (including phenoxy) is 1. The first-order valence-corrected chi connectivity index (χ1v) is 10.2. The fourth-order valence-electron chi connectivity index (χ4n) is 3.99. The monoisotopic (exact) mass is 399 g/mol. The molecule has 2 aromatic carbocycles. The number of hydrogen-bond donors (Lipinski definition) is 1. The molecule has 6 heteroatoms. The van der Waals surface area contributed by atoms with Crippen molar-refractivity contribution >= 4 is 23.2 Å². The van der Waals surface area contributed by atoms with Crippen LogP contribution in [0.4, 0.5) is 5.69 Å². The van der Waals surface area contributed by atoms with Gasteiger partial charge in [0.1, 0.15) is 6.61 Å². The minimum Gasteiger partial charge on any atom is -0.489 e. The molecule has 0 saturated carbocycles. The van der Waals surface area contributed by atoms with Gasteiger partial charge in [-0.3, -0.25) is 9.69 Å². The van der Waals surface area contributed by atoms with Crippen molar-refractivity contribution in [3.05, 3.63) is 58.6 Å². The van der Waals surface area contributed by atoms with E-state index in [4.69, 9.17) is 16.3 Å². The number of halogens is 1. The minimum atomic E-state index is -0.115. The second kappa shape index (κ2) is 8.41. The molecule has 1 saturated heterocycles. The normalized spacial score (nSPS) is 19.2. The van der Waals surface area contributed by atoms with Crippen LogP contribution >= 0.6 is 11.6 Å². The third kappa shape index (κ3) is 4.26. The zero-order valence-electron chi connectivity index (χ0n) is 16.2. The maximum Gasteiger partial charge on any atom is 0.255 e. The molecule has 2 aromatic rings. The van der Waals surface area contributed by atoms with Crippen LogP contribution in [0.25, 0.3) is 0 Å². The Labute approximate surface area is 171 Å². The summed E-state index contributed by atoms with van der Waals surface area (Å²) in [7, 11) is 1.99. The molecule has 0 spiro atoms. The van der Waals surface area contributed by atoms with Crippen LogP contribution in [0.2, 0.25) is 5.02 Å². The summed E-state index contributed by atoms with van der Waals surface area (Å²) in [5, 5.41) is 3.65. The third-order valence-electron chi connectivity index (χ3n) is 5.53. The largest absolute Gasteiger partial charge is 0.489 e. The fraction of sp³-hybridized carbons (Fsp3) is 0.409. The van der Waals surface area contributed by atoms with Crippen molar-refractivity contribution in [3.63, 3.8) is 0 Å². The molecule has 1 unspecified atom stereocenters. The van der Waals surface area contributed by atoms with Gasteiger partial charge in [-0.1, -0.05) is 41.9 Å². The van der Waals surface area contributed by atoms with E-state index in [0.717, 1.165) is 38.3 Å². The average Bonchev–Trinajstić information content (AvgIpc) is 3.14. The third-order valence-corrected chi connectivity index (χ3v) is 5.75. The lowest BCUT2D eigenvalue weighted by Gasteiger charge is -2.29. The molecule has 148 valence electrons. The zero-order chi connectivity index (χ0) is 19.5. The van der Waals surface area contributed by atoms with Crippen molar-refractivity contribution < 1.29 is 9.53 Å². The van der Waals surface area contributed by atoms with Gasteiger partial charge in [0.25, 0.3) is 5.91 Å². The van der Waals surface area contributed by atoms with Gasteiger partial charge in [-0.05, 0) is 36.6 Å². The van der Waals surface area contributed by atoms with E-state index < -0.39 is 0 Å². The number of nitrogens with one attached hydrogen (secondary N) is 1. The van der Waals surface area contributed by atoms with Crippen LogP contribution in [0.5, 0.6) is 5.75 Å². The number of amides is 1. The topological polar surface area (TPSA) is 44.8 Å². The van der Waals surface area contributed by atoms with Crippen LogP contribution in [0.3, 0.4) is 0 Å². The molecule has 4 rings (SSSR count). The van der Waals surface area contributed by atoms with Gasteiger partial charge in [-0.2, -0.15) is 0 Å². The molecule has 1 N–H and O–H groups in total. The van der Waals surface area contributed by atoms with E-state index in [1.165, 1.54) is 5.56 Å². The number of likely N-dealkylation sites (tertiary alicyclic amines) is 1. The Balaban J connectivity index is 1.35. The summed E-state index contributed by atoms with van der Waals surface area (Å²) in [6, 6.07) is 14.1. The molecule has 5 nitrogen and oxygen atoms in total. The lowest BCUT2D eigenvalue weighted by atomic mass is 10.1. The molecule has 1 atom stereocenters. The molecule has 0 radical (unpaired) electrons. The van der Waals surface area contributed by atoms with Gasteiger partial charge in [0.15, 0.2) is 5.75 Å². The van der Waals surface area contributed by atoms with Crippen molar-refractivity contribution in [2.45, 2.75) is 13.0 Å². The Morgan fingerprint density at radius 3 is 2.89 bits per heavy atom. The predicted molar refractivity (Wildman–Crippen MR) is 112 cm³/mol. The zero-order valence-corrected chi connectivity index (χ0v) is 16.9. The van der Waals surface area contributed by atoms with Crippen molar-refractivity contribution in [3.8, 4) is 5.75 Å². The van der Waals surface area contributed by atoms with E-state index in [1.807, 2.05) is 19.2 Å². The van der Waals surface area contributed by atoms with Gasteiger partial charge in [-0.25, -0.2) is 0 Å². The number of carbonyl (C=O) groups is 1. The molecular weight excluding hydrogens is 374 g/mol. The number of carbonyl (C=O) groups excluding carboxylic acids is 1. The van der Waals surface area contributed by atoms with Crippen LogP contribution in [-0.4, -0.2) is 50.6 Å². The first kappa shape index (κ1) is 19.1. The molecule has 2 aliphatic heterocycles. The Bertz CT molecular complexity index is 843. The molecule has 1 amide bonds. The smallest absolute Gasteiger partial charge is 0.255 e. The Morgan fingerprint density at radius 2 is 2.07 bits per heavy atom. The summed E-state index contributed by atoms with van der Waals surface area (Å²) in [5.74, 6) is 0.981. The maximum absolute atomic E-state index is 12.8. The van der Waals surface area contributed by atoms with E-state index in [1.54, 1.807) is 6.07 Å². The number of anilines is 1. The Hall–Kier alpha value is -2.24. The second-order valence-electron chi connectivity index (χ2n) is 7.66. The number of hydrogen-bond acceptors (Lipinski definition) is 4. The van der Waals surface area contributed by atoms with Gasteiger partial charge in [0, 0.05) is 31.7 Å². The van der Waals surface area contributed by atoms with E-state index >= 15 is 0 Å². The SMILES string of the molecule is CN1CCOc2c(C(=O)NCC3CCN(Cc4ccccc4)C3)cc(Cl)cc21. The highest BCUT2D eigenvalue weighted by Gasteiger charge is 2.26. The lowest BCUT2D eigenvalue weighted by molar-refractivity contribution is 0.0943. The van der Waals surface area contributed by atoms with Crippen molar-refractivity contribution in [2.75, 3.05) is 44.7 Å². The van der Waals surface area contributed by atoms with Gasteiger partial charge < -0.3 is 15.0 Å². The molecule has 1 fully saturated rings. The standard InChI is InChI=1S/C22H26ClN3O2/c1-25-9-10-28-21-19(11-18(23)12-20(21)25)22(27)24-13-17-7-8-26(15-17)14-16-5-3-2-4-6-16/h2-6,11-12,17H,7-10,13-15H2,1H3,(H,24,27). The molecular formula is C22H26ClN3O2. The van der Waals surface area contributed by atoms with Crippen molar-refractivity contribution in [2.24, 2.45) is 5.92 Å². The van der Waals surface area contributed by atoms with Gasteiger partial charge in [-0.15, -0.1) is 0 Å². The quantitative estimate of drug-likeness (QED) is 0.836. The first-order chi connectivity index (χ1) is 13.6. The molecule has 2 aliphatic rings. The number of fused-ring (bicyclic) bond motifs is 1. The molecule has 0 aromatic heterocycles. The van der Waals surface area contributed by atoms with E-state index in [0.29, 0.717) is 35.4 Å². The highest BCUT2D eigenvalue weighted by molar-refractivity contribution is 6.31. The van der Waals surface area contributed by atoms with Crippen LogP contribution in [0.1, 0.15) is 22.3 Å². The predicted octanol–water partition coefficient (Wildman–Crippen LogP) is 3.42. The van der Waals surface area contributed by atoms with E-state index in [9.17, 15) is 4.79 Å². The Kier molecular flexibility index (Phi) is 5.74.